The third kappa shape index (κ3) is 2.95. The predicted octanol–water partition coefficient (Wildman–Crippen LogP) is 5.91. The van der Waals surface area contributed by atoms with Crippen molar-refractivity contribution in [1.82, 2.24) is 4.90 Å². The van der Waals surface area contributed by atoms with E-state index in [4.69, 9.17) is 4.74 Å². The molecule has 1 saturated heterocycles. The van der Waals surface area contributed by atoms with Crippen LogP contribution in [0.1, 0.15) is 40.4 Å². The van der Waals surface area contributed by atoms with Crippen LogP contribution in [0.4, 0.5) is 5.69 Å². The minimum absolute atomic E-state index is 0.0809. The van der Waals surface area contributed by atoms with E-state index in [-0.39, 0.29) is 29.7 Å². The summed E-state index contributed by atoms with van der Waals surface area (Å²) in [6, 6.07) is 21.0. The molecule has 3 aliphatic heterocycles. The fourth-order valence-electron chi connectivity index (χ4n) is 5.86. The van der Waals surface area contributed by atoms with Gasteiger partial charge in [0.05, 0.1) is 23.9 Å². The van der Waals surface area contributed by atoms with Crippen LogP contribution >= 0.6 is 31.9 Å². The van der Waals surface area contributed by atoms with Crippen LogP contribution in [0.25, 0.3) is 0 Å². The van der Waals surface area contributed by atoms with Crippen LogP contribution < -0.4 is 10.1 Å². The second-order valence-corrected chi connectivity index (χ2v) is 10.8. The number of anilines is 1. The zero-order valence-electron chi connectivity index (χ0n) is 17.7. The highest BCUT2D eigenvalue weighted by Gasteiger charge is 2.65. The maximum atomic E-state index is 14.2. The number of halogens is 2. The first kappa shape index (κ1) is 20.9. The maximum Gasteiger partial charge on any atom is 0.257 e. The second-order valence-electron chi connectivity index (χ2n) is 8.96. The summed E-state index contributed by atoms with van der Waals surface area (Å²) < 4.78 is 7.88. The van der Waals surface area contributed by atoms with Gasteiger partial charge < -0.3 is 15.0 Å². The van der Waals surface area contributed by atoms with E-state index in [0.29, 0.717) is 17.9 Å². The van der Waals surface area contributed by atoms with E-state index in [2.05, 4.69) is 37.2 Å². The molecule has 3 aliphatic rings. The summed E-state index contributed by atoms with van der Waals surface area (Å²) in [5, 5.41) is 3.06. The molecule has 3 unspecified atom stereocenters. The largest absolute Gasteiger partial charge is 0.493 e. The van der Waals surface area contributed by atoms with Gasteiger partial charge in [-0.05, 0) is 48.9 Å². The Balaban J connectivity index is 1.64. The average Bonchev–Trinajstić information content (AvgIpc) is 3.06. The first-order chi connectivity index (χ1) is 15.9. The Morgan fingerprint density at radius 1 is 1.00 bits per heavy atom. The van der Waals surface area contributed by atoms with Gasteiger partial charge >= 0.3 is 0 Å². The summed E-state index contributed by atoms with van der Waals surface area (Å²) in [6.45, 7) is 2.33. The Kier molecular flexibility index (Phi) is 4.72. The van der Waals surface area contributed by atoms with Gasteiger partial charge in [-0.1, -0.05) is 62.2 Å². The maximum absolute atomic E-state index is 14.2. The average molecular weight is 568 g/mol. The summed E-state index contributed by atoms with van der Waals surface area (Å²) >= 11 is 7.07. The molecular formula is C26H20Br2N2O3. The van der Waals surface area contributed by atoms with E-state index in [9.17, 15) is 9.59 Å². The Labute approximate surface area is 208 Å². The first-order valence-corrected chi connectivity index (χ1v) is 12.4. The van der Waals surface area contributed by atoms with Crippen molar-refractivity contribution in [1.29, 1.82) is 0 Å². The highest BCUT2D eigenvalue weighted by Crippen LogP contribution is 2.60. The lowest BCUT2D eigenvalue weighted by molar-refractivity contribution is -0.125. The van der Waals surface area contributed by atoms with Crippen molar-refractivity contribution in [2.24, 2.45) is 5.92 Å². The van der Waals surface area contributed by atoms with Crippen molar-refractivity contribution in [2.45, 2.75) is 24.4 Å². The highest BCUT2D eigenvalue weighted by atomic mass is 79.9. The van der Waals surface area contributed by atoms with Gasteiger partial charge in [0.15, 0.2) is 0 Å². The lowest BCUT2D eigenvalue weighted by Crippen LogP contribution is -2.54. The molecule has 3 heterocycles. The second kappa shape index (κ2) is 7.43. The standard InChI is InChI=1S/C26H20Br2N2O3/c1-26-22(14-5-3-2-4-6-14)19-13-33-21-10-8-16(28)12-18(21)23(19)30(26)24(31)17-11-15(27)7-9-20(17)29-25(26)32/h2-12,19,22-23H,13H2,1H3,(H,29,32)/t19?,22?,23?,26-/m1/s1. The van der Waals surface area contributed by atoms with Gasteiger partial charge in [0.2, 0.25) is 0 Å². The molecule has 0 aromatic heterocycles. The molecule has 0 radical (unpaired) electrons. The number of carbonyl (C=O) groups is 2. The SMILES string of the molecule is C[C@@]12C(=O)Nc3ccc(Br)cc3C(=O)N1C1c3cc(Br)ccc3OCC1C2c1ccccc1. The van der Waals surface area contributed by atoms with E-state index in [1.54, 1.807) is 12.1 Å². The minimum atomic E-state index is -1.10. The topological polar surface area (TPSA) is 58.6 Å². The Hall–Kier alpha value is -2.64. The normalized spacial score (nSPS) is 27.5. The van der Waals surface area contributed by atoms with Crippen LogP contribution in [-0.2, 0) is 4.79 Å². The predicted molar refractivity (Wildman–Crippen MR) is 132 cm³/mol. The number of hydrogen-bond acceptors (Lipinski definition) is 3. The van der Waals surface area contributed by atoms with Crippen LogP contribution in [0.3, 0.4) is 0 Å². The number of nitrogens with zero attached hydrogens (tertiary/aromatic N) is 1. The van der Waals surface area contributed by atoms with Crippen molar-refractivity contribution in [3.63, 3.8) is 0 Å². The van der Waals surface area contributed by atoms with Gasteiger partial charge in [-0.3, -0.25) is 9.59 Å². The minimum Gasteiger partial charge on any atom is -0.493 e. The molecule has 33 heavy (non-hydrogen) atoms. The van der Waals surface area contributed by atoms with E-state index < -0.39 is 5.54 Å². The molecule has 0 aliphatic carbocycles. The van der Waals surface area contributed by atoms with Crippen molar-refractivity contribution in [2.75, 3.05) is 11.9 Å². The van der Waals surface area contributed by atoms with Crippen LogP contribution in [0.5, 0.6) is 5.75 Å². The van der Waals surface area contributed by atoms with E-state index in [0.717, 1.165) is 25.8 Å². The van der Waals surface area contributed by atoms with Gasteiger partial charge in [0.25, 0.3) is 11.8 Å². The zero-order valence-corrected chi connectivity index (χ0v) is 20.9. The number of amides is 2. The zero-order chi connectivity index (χ0) is 22.9. The third-order valence-corrected chi connectivity index (χ3v) is 8.22. The van der Waals surface area contributed by atoms with Crippen molar-refractivity contribution in [3.05, 3.63) is 92.4 Å². The lowest BCUT2D eigenvalue weighted by atomic mass is 9.73. The molecule has 3 aromatic rings. The van der Waals surface area contributed by atoms with Gasteiger partial charge in [0, 0.05) is 26.3 Å². The number of rotatable bonds is 1. The van der Waals surface area contributed by atoms with E-state index in [1.165, 1.54) is 0 Å². The van der Waals surface area contributed by atoms with Crippen LogP contribution in [0.15, 0.2) is 75.7 Å². The van der Waals surface area contributed by atoms with Gasteiger partial charge in [-0.2, -0.15) is 0 Å². The summed E-state index contributed by atoms with van der Waals surface area (Å²) in [4.78, 5) is 30.0. The molecule has 5 nitrogen and oxygen atoms in total. The smallest absolute Gasteiger partial charge is 0.257 e. The number of nitrogens with one attached hydrogen (secondary N) is 1. The van der Waals surface area contributed by atoms with Gasteiger partial charge in [-0.15, -0.1) is 0 Å². The van der Waals surface area contributed by atoms with E-state index in [1.807, 2.05) is 66.4 Å². The number of carbonyl (C=O) groups excluding carboxylic acids is 2. The number of fused-ring (bicyclic) bond motifs is 6. The molecule has 1 fully saturated rings. The first-order valence-electron chi connectivity index (χ1n) is 10.8. The highest BCUT2D eigenvalue weighted by molar-refractivity contribution is 9.10. The Morgan fingerprint density at radius 2 is 1.73 bits per heavy atom. The molecule has 0 saturated carbocycles. The monoisotopic (exact) mass is 566 g/mol. The summed E-state index contributed by atoms with van der Waals surface area (Å²) in [6.07, 6.45) is 0. The van der Waals surface area contributed by atoms with Crippen molar-refractivity contribution in [3.8, 4) is 5.75 Å². The quantitative estimate of drug-likeness (QED) is 0.397. The van der Waals surface area contributed by atoms with Crippen LogP contribution in [0, 0.1) is 5.92 Å². The van der Waals surface area contributed by atoms with Crippen molar-refractivity contribution < 1.29 is 14.3 Å². The fourth-order valence-corrected chi connectivity index (χ4v) is 6.60. The van der Waals surface area contributed by atoms with Gasteiger partial charge in [0.1, 0.15) is 11.3 Å². The molecule has 6 rings (SSSR count). The molecule has 2 amide bonds. The van der Waals surface area contributed by atoms with E-state index >= 15 is 0 Å². The molecule has 0 spiro atoms. The molecular weight excluding hydrogens is 548 g/mol. The number of benzene rings is 3. The molecule has 166 valence electrons. The molecule has 0 bridgehead atoms. The van der Waals surface area contributed by atoms with Crippen LogP contribution in [0.2, 0.25) is 0 Å². The Morgan fingerprint density at radius 3 is 2.52 bits per heavy atom. The molecule has 7 heteroatoms. The number of ether oxygens (including phenoxy) is 1. The molecule has 4 atom stereocenters. The third-order valence-electron chi connectivity index (χ3n) is 7.24. The molecule has 3 aromatic carbocycles. The van der Waals surface area contributed by atoms with Crippen molar-refractivity contribution >= 4 is 49.4 Å². The Bertz CT molecular complexity index is 1310. The summed E-state index contributed by atoms with van der Waals surface area (Å²) in [5.74, 6) is 0.0905. The molecule has 1 N–H and O–H groups in total. The van der Waals surface area contributed by atoms with Crippen LogP contribution in [-0.4, -0.2) is 28.9 Å². The summed E-state index contributed by atoms with van der Waals surface area (Å²) in [7, 11) is 0. The fraction of sp³-hybridized carbons (Fsp3) is 0.231. The summed E-state index contributed by atoms with van der Waals surface area (Å²) in [5.41, 5.74) is 1.86. The lowest BCUT2D eigenvalue weighted by Gasteiger charge is -2.38. The van der Waals surface area contributed by atoms with Gasteiger partial charge in [-0.25, -0.2) is 0 Å². The number of hydrogen-bond donors (Lipinski definition) is 1.